The second-order valence-electron chi connectivity index (χ2n) is 6.15. The number of benzene rings is 2. The fourth-order valence-corrected chi connectivity index (χ4v) is 2.46. The Kier molecular flexibility index (Phi) is 6.58. The van der Waals surface area contributed by atoms with Crippen molar-refractivity contribution >= 4 is 24.0 Å². The van der Waals surface area contributed by atoms with Crippen molar-refractivity contribution in [2.24, 2.45) is 0 Å². The molecule has 2 atom stereocenters. The summed E-state index contributed by atoms with van der Waals surface area (Å²) in [6.45, 7) is 0. The summed E-state index contributed by atoms with van der Waals surface area (Å²) in [5.74, 6) is -5.02. The standard InChI is InChI=1S/C20H18O9/c21-14-6-1-12(2-7-14)5-10-16(23)29-17(18(24)25)20(28,19(26)27)11-13-3-8-15(22)9-4-13/h1-10,17,21-22,28H,11H2,(H,24,25)(H,26,27)/t17-,20-/m1/s1. The highest BCUT2D eigenvalue weighted by Gasteiger charge is 2.51. The van der Waals surface area contributed by atoms with Crippen molar-refractivity contribution < 1.29 is 44.7 Å². The number of aliphatic hydroxyl groups is 1. The molecule has 2 rings (SSSR count). The van der Waals surface area contributed by atoms with E-state index in [0.29, 0.717) is 5.56 Å². The molecule has 0 aliphatic rings. The summed E-state index contributed by atoms with van der Waals surface area (Å²) < 4.78 is 4.72. The minimum absolute atomic E-state index is 0.0106. The SMILES string of the molecule is O=C(C=Cc1ccc(O)cc1)O[C@H](C(=O)O)[C@](O)(Cc1ccc(O)cc1)C(=O)O. The van der Waals surface area contributed by atoms with Crippen molar-refractivity contribution in [3.8, 4) is 11.5 Å². The third kappa shape index (κ3) is 5.56. The van der Waals surface area contributed by atoms with E-state index in [1.54, 1.807) is 0 Å². The Bertz CT molecular complexity index is 916. The van der Waals surface area contributed by atoms with Gasteiger partial charge in [0.05, 0.1) is 0 Å². The molecule has 0 aliphatic carbocycles. The molecule has 9 nitrogen and oxygen atoms in total. The number of esters is 1. The van der Waals surface area contributed by atoms with Gasteiger partial charge < -0.3 is 30.3 Å². The second kappa shape index (κ2) is 8.89. The highest BCUT2D eigenvalue weighted by molar-refractivity contribution is 5.92. The van der Waals surface area contributed by atoms with Crippen LogP contribution in [0.4, 0.5) is 0 Å². The maximum Gasteiger partial charge on any atom is 0.348 e. The van der Waals surface area contributed by atoms with Crippen molar-refractivity contribution in [3.63, 3.8) is 0 Å². The van der Waals surface area contributed by atoms with Gasteiger partial charge in [-0.25, -0.2) is 14.4 Å². The van der Waals surface area contributed by atoms with Crippen LogP contribution in [0.5, 0.6) is 11.5 Å². The van der Waals surface area contributed by atoms with E-state index < -0.39 is 36.0 Å². The van der Waals surface area contributed by atoms with E-state index in [9.17, 15) is 39.9 Å². The van der Waals surface area contributed by atoms with Crippen LogP contribution in [0.15, 0.2) is 54.6 Å². The average molecular weight is 402 g/mol. The third-order valence-corrected chi connectivity index (χ3v) is 3.98. The number of hydrogen-bond acceptors (Lipinski definition) is 7. The maximum absolute atomic E-state index is 12.0. The summed E-state index contributed by atoms with van der Waals surface area (Å²) in [6, 6.07) is 10.8. The van der Waals surface area contributed by atoms with E-state index in [1.807, 2.05) is 0 Å². The number of carboxylic acid groups (broad SMARTS) is 2. The number of hydrogen-bond donors (Lipinski definition) is 5. The first kappa shape index (κ1) is 21.5. The van der Waals surface area contributed by atoms with E-state index >= 15 is 0 Å². The number of rotatable bonds is 8. The number of ether oxygens (including phenoxy) is 1. The smallest absolute Gasteiger partial charge is 0.348 e. The lowest BCUT2D eigenvalue weighted by atomic mass is 9.88. The summed E-state index contributed by atoms with van der Waals surface area (Å²) in [5.41, 5.74) is -2.26. The van der Waals surface area contributed by atoms with E-state index in [-0.39, 0.29) is 17.1 Å². The van der Waals surface area contributed by atoms with Gasteiger partial charge in [0.2, 0.25) is 11.7 Å². The maximum atomic E-state index is 12.0. The van der Waals surface area contributed by atoms with Gasteiger partial charge in [0, 0.05) is 12.5 Å². The summed E-state index contributed by atoms with van der Waals surface area (Å²) in [5, 5.41) is 47.8. The minimum atomic E-state index is -2.95. The molecule has 0 saturated carbocycles. The lowest BCUT2D eigenvalue weighted by molar-refractivity contribution is -0.192. The molecule has 0 spiro atoms. The molecular formula is C20H18O9. The topological polar surface area (TPSA) is 162 Å². The van der Waals surface area contributed by atoms with Crippen molar-refractivity contribution in [1.82, 2.24) is 0 Å². The molecule has 0 saturated heterocycles. The van der Waals surface area contributed by atoms with Gasteiger partial charge in [-0.15, -0.1) is 0 Å². The normalized spacial score (nSPS) is 14.1. The Morgan fingerprint density at radius 3 is 1.93 bits per heavy atom. The Hall–Kier alpha value is -3.85. The van der Waals surface area contributed by atoms with E-state index in [1.165, 1.54) is 54.6 Å². The van der Waals surface area contributed by atoms with Gasteiger partial charge in [0.25, 0.3) is 0 Å². The molecule has 0 aromatic heterocycles. The summed E-state index contributed by atoms with van der Waals surface area (Å²) in [6.07, 6.45) is -0.953. The molecule has 0 bridgehead atoms. The number of aromatic hydroxyl groups is 2. The Morgan fingerprint density at radius 2 is 1.45 bits per heavy atom. The molecule has 0 unspecified atom stereocenters. The van der Waals surface area contributed by atoms with Crippen molar-refractivity contribution in [2.45, 2.75) is 18.1 Å². The zero-order chi connectivity index (χ0) is 21.6. The minimum Gasteiger partial charge on any atom is -0.508 e. The fraction of sp³-hybridized carbons (Fsp3) is 0.150. The monoisotopic (exact) mass is 402 g/mol. The summed E-state index contributed by atoms with van der Waals surface area (Å²) >= 11 is 0. The number of carbonyl (C=O) groups is 3. The zero-order valence-corrected chi connectivity index (χ0v) is 14.9. The van der Waals surface area contributed by atoms with Crippen molar-refractivity contribution in [3.05, 3.63) is 65.7 Å². The van der Waals surface area contributed by atoms with Gasteiger partial charge in [-0.3, -0.25) is 0 Å². The molecular weight excluding hydrogens is 384 g/mol. The van der Waals surface area contributed by atoms with Crippen molar-refractivity contribution in [2.75, 3.05) is 0 Å². The highest BCUT2D eigenvalue weighted by Crippen LogP contribution is 2.23. The van der Waals surface area contributed by atoms with Crippen LogP contribution < -0.4 is 0 Å². The van der Waals surface area contributed by atoms with E-state index in [2.05, 4.69) is 0 Å². The quantitative estimate of drug-likeness (QED) is 0.322. The molecule has 0 heterocycles. The van der Waals surface area contributed by atoms with Crippen LogP contribution in [0.2, 0.25) is 0 Å². The van der Waals surface area contributed by atoms with E-state index in [4.69, 9.17) is 4.74 Å². The largest absolute Gasteiger partial charge is 0.508 e. The molecule has 152 valence electrons. The first-order chi connectivity index (χ1) is 13.6. The molecule has 29 heavy (non-hydrogen) atoms. The molecule has 2 aromatic rings. The molecule has 5 N–H and O–H groups in total. The van der Waals surface area contributed by atoms with Crippen molar-refractivity contribution in [1.29, 1.82) is 0 Å². The van der Waals surface area contributed by atoms with Gasteiger partial charge in [0.1, 0.15) is 11.5 Å². The predicted molar refractivity (Wildman–Crippen MR) is 99.1 cm³/mol. The van der Waals surface area contributed by atoms with Crippen LogP contribution >= 0.6 is 0 Å². The van der Waals surface area contributed by atoms with Gasteiger partial charge in [-0.05, 0) is 41.5 Å². The fourth-order valence-electron chi connectivity index (χ4n) is 2.46. The van der Waals surface area contributed by atoms with Gasteiger partial charge >= 0.3 is 17.9 Å². The molecule has 0 amide bonds. The van der Waals surface area contributed by atoms with Crippen LogP contribution in [-0.2, 0) is 25.5 Å². The lowest BCUT2D eigenvalue weighted by Crippen LogP contribution is -2.56. The van der Waals surface area contributed by atoms with Crippen LogP contribution in [0.1, 0.15) is 11.1 Å². The molecule has 0 aliphatic heterocycles. The van der Waals surface area contributed by atoms with Crippen LogP contribution in [-0.4, -0.2) is 55.1 Å². The highest BCUT2D eigenvalue weighted by atomic mass is 16.6. The van der Waals surface area contributed by atoms with Gasteiger partial charge in [-0.1, -0.05) is 24.3 Å². The predicted octanol–water partition coefficient (Wildman–Crippen LogP) is 1.17. The molecule has 9 heteroatoms. The number of carboxylic acids is 2. The average Bonchev–Trinajstić information content (AvgIpc) is 2.67. The first-order valence-electron chi connectivity index (χ1n) is 8.26. The summed E-state index contributed by atoms with van der Waals surface area (Å²) in [4.78, 5) is 35.2. The molecule has 0 fully saturated rings. The van der Waals surface area contributed by atoms with Crippen LogP contribution in [0.3, 0.4) is 0 Å². The number of carbonyl (C=O) groups excluding carboxylic acids is 1. The van der Waals surface area contributed by atoms with Gasteiger partial charge in [0.15, 0.2) is 0 Å². The molecule has 2 aromatic carbocycles. The Labute approximate surface area is 164 Å². The second-order valence-corrected chi connectivity index (χ2v) is 6.15. The number of phenols is 2. The lowest BCUT2D eigenvalue weighted by Gasteiger charge is -2.29. The van der Waals surface area contributed by atoms with Gasteiger partial charge in [-0.2, -0.15) is 0 Å². The van der Waals surface area contributed by atoms with E-state index in [0.717, 1.165) is 6.08 Å². The number of aliphatic carboxylic acids is 2. The van der Waals surface area contributed by atoms with Crippen LogP contribution in [0.25, 0.3) is 6.08 Å². The molecule has 0 radical (unpaired) electrons. The third-order valence-electron chi connectivity index (χ3n) is 3.98. The first-order valence-corrected chi connectivity index (χ1v) is 8.26. The Balaban J connectivity index is 2.22. The number of phenolic OH excluding ortho intramolecular Hbond substituents is 2. The summed E-state index contributed by atoms with van der Waals surface area (Å²) in [7, 11) is 0. The van der Waals surface area contributed by atoms with Crippen LogP contribution in [0, 0.1) is 0 Å². The Morgan fingerprint density at radius 1 is 0.931 bits per heavy atom. The zero-order valence-electron chi connectivity index (χ0n) is 14.9.